The number of halogens is 1. The van der Waals surface area contributed by atoms with Crippen molar-refractivity contribution in [2.75, 3.05) is 13.7 Å². The van der Waals surface area contributed by atoms with Gasteiger partial charge in [0.1, 0.15) is 5.75 Å². The van der Waals surface area contributed by atoms with Gasteiger partial charge in [-0.15, -0.1) is 12.4 Å². The molecule has 21 heavy (non-hydrogen) atoms. The third-order valence-corrected chi connectivity index (χ3v) is 3.53. The van der Waals surface area contributed by atoms with Crippen molar-refractivity contribution in [1.82, 2.24) is 5.32 Å². The molecular formula is C18H24ClNO. The van der Waals surface area contributed by atoms with Crippen LogP contribution in [0.15, 0.2) is 54.6 Å². The van der Waals surface area contributed by atoms with Crippen LogP contribution in [-0.2, 0) is 6.42 Å². The average Bonchev–Trinajstić information content (AvgIpc) is 2.52. The second kappa shape index (κ2) is 9.43. The lowest BCUT2D eigenvalue weighted by Crippen LogP contribution is -2.20. The first-order chi connectivity index (χ1) is 9.79. The summed E-state index contributed by atoms with van der Waals surface area (Å²) in [5, 5.41) is 3.56. The van der Waals surface area contributed by atoms with Crippen molar-refractivity contribution >= 4 is 12.4 Å². The zero-order valence-corrected chi connectivity index (χ0v) is 13.5. The number of methoxy groups -OCH3 is 1. The van der Waals surface area contributed by atoms with Crippen LogP contribution in [0.4, 0.5) is 0 Å². The van der Waals surface area contributed by atoms with E-state index in [9.17, 15) is 0 Å². The number of aryl methyl sites for hydroxylation is 1. The minimum Gasteiger partial charge on any atom is -0.497 e. The number of nitrogens with one attached hydrogen (secondary N) is 1. The Morgan fingerprint density at radius 2 is 1.81 bits per heavy atom. The van der Waals surface area contributed by atoms with E-state index >= 15 is 0 Å². The van der Waals surface area contributed by atoms with Crippen LogP contribution < -0.4 is 10.1 Å². The van der Waals surface area contributed by atoms with Gasteiger partial charge in [0.25, 0.3) is 0 Å². The molecule has 1 N–H and O–H groups in total. The standard InChI is InChI=1S/C18H23NO.ClH/c1-15(17-11-6-12-18(14-17)20-2)19-13-7-10-16-8-4-3-5-9-16;/h3-6,8-9,11-12,14-15,19H,7,10,13H2,1-2H3;1H/t15-;/m1./s1. The van der Waals surface area contributed by atoms with Gasteiger partial charge in [-0.05, 0) is 49.6 Å². The SMILES string of the molecule is COc1cccc([C@@H](C)NCCCc2ccccc2)c1.Cl. The molecule has 0 bridgehead atoms. The quantitative estimate of drug-likeness (QED) is 0.766. The molecule has 0 aliphatic heterocycles. The number of hydrogen-bond donors (Lipinski definition) is 1. The highest BCUT2D eigenvalue weighted by Crippen LogP contribution is 2.18. The molecule has 0 spiro atoms. The summed E-state index contributed by atoms with van der Waals surface area (Å²) in [7, 11) is 1.71. The van der Waals surface area contributed by atoms with E-state index in [2.05, 4.69) is 54.7 Å². The van der Waals surface area contributed by atoms with Crippen molar-refractivity contribution in [2.45, 2.75) is 25.8 Å². The van der Waals surface area contributed by atoms with Crippen molar-refractivity contribution < 1.29 is 4.74 Å². The number of rotatable bonds is 7. The summed E-state index contributed by atoms with van der Waals surface area (Å²) >= 11 is 0. The molecule has 0 saturated heterocycles. The second-order valence-electron chi connectivity index (χ2n) is 5.04. The molecule has 0 unspecified atom stereocenters. The first-order valence-corrected chi connectivity index (χ1v) is 7.21. The van der Waals surface area contributed by atoms with E-state index in [1.54, 1.807) is 7.11 Å². The van der Waals surface area contributed by atoms with Gasteiger partial charge in [0.2, 0.25) is 0 Å². The van der Waals surface area contributed by atoms with Crippen molar-refractivity contribution in [3.8, 4) is 5.75 Å². The third kappa shape index (κ3) is 5.78. The summed E-state index contributed by atoms with van der Waals surface area (Å²) in [6.07, 6.45) is 2.27. The fourth-order valence-corrected chi connectivity index (χ4v) is 2.28. The zero-order chi connectivity index (χ0) is 14.2. The molecule has 0 aromatic heterocycles. The lowest BCUT2D eigenvalue weighted by molar-refractivity contribution is 0.413. The van der Waals surface area contributed by atoms with Gasteiger partial charge in [-0.25, -0.2) is 0 Å². The van der Waals surface area contributed by atoms with Gasteiger partial charge in [-0.1, -0.05) is 42.5 Å². The Labute approximate surface area is 133 Å². The van der Waals surface area contributed by atoms with Crippen molar-refractivity contribution in [3.63, 3.8) is 0 Å². The van der Waals surface area contributed by atoms with E-state index in [1.165, 1.54) is 11.1 Å². The van der Waals surface area contributed by atoms with E-state index in [0.29, 0.717) is 6.04 Å². The van der Waals surface area contributed by atoms with Gasteiger partial charge >= 0.3 is 0 Å². The molecular weight excluding hydrogens is 282 g/mol. The lowest BCUT2D eigenvalue weighted by atomic mass is 10.1. The van der Waals surface area contributed by atoms with E-state index in [4.69, 9.17) is 4.74 Å². The molecule has 0 fully saturated rings. The average molecular weight is 306 g/mol. The van der Waals surface area contributed by atoms with Gasteiger partial charge in [0, 0.05) is 6.04 Å². The molecule has 2 aromatic carbocycles. The van der Waals surface area contributed by atoms with E-state index in [-0.39, 0.29) is 12.4 Å². The molecule has 0 aliphatic rings. The Balaban J connectivity index is 0.00000220. The van der Waals surface area contributed by atoms with Gasteiger partial charge in [0.05, 0.1) is 7.11 Å². The minimum atomic E-state index is 0. The molecule has 2 aromatic rings. The van der Waals surface area contributed by atoms with Crippen molar-refractivity contribution in [1.29, 1.82) is 0 Å². The van der Waals surface area contributed by atoms with Crippen LogP contribution in [0.5, 0.6) is 5.75 Å². The monoisotopic (exact) mass is 305 g/mol. The smallest absolute Gasteiger partial charge is 0.119 e. The maximum absolute atomic E-state index is 5.26. The normalized spacial score (nSPS) is 11.5. The summed E-state index contributed by atoms with van der Waals surface area (Å²) in [5.41, 5.74) is 2.67. The van der Waals surface area contributed by atoms with Crippen LogP contribution in [-0.4, -0.2) is 13.7 Å². The molecule has 0 heterocycles. The predicted octanol–water partition coefficient (Wildman–Crippen LogP) is 4.40. The highest BCUT2D eigenvalue weighted by molar-refractivity contribution is 5.85. The first kappa shape index (κ1) is 17.5. The first-order valence-electron chi connectivity index (χ1n) is 7.21. The molecule has 2 rings (SSSR count). The van der Waals surface area contributed by atoms with Crippen molar-refractivity contribution in [3.05, 3.63) is 65.7 Å². The topological polar surface area (TPSA) is 21.3 Å². The predicted molar refractivity (Wildman–Crippen MR) is 91.4 cm³/mol. The molecule has 2 nitrogen and oxygen atoms in total. The van der Waals surface area contributed by atoms with Gasteiger partial charge in [0.15, 0.2) is 0 Å². The summed E-state index contributed by atoms with van der Waals surface area (Å²) in [4.78, 5) is 0. The van der Waals surface area contributed by atoms with Crippen LogP contribution in [0.2, 0.25) is 0 Å². The Hall–Kier alpha value is -1.51. The van der Waals surface area contributed by atoms with Gasteiger partial charge < -0.3 is 10.1 Å². The van der Waals surface area contributed by atoms with Crippen molar-refractivity contribution in [2.24, 2.45) is 0 Å². The molecule has 1 atom stereocenters. The Bertz CT molecular complexity index is 516. The molecule has 0 radical (unpaired) electrons. The highest BCUT2D eigenvalue weighted by atomic mass is 35.5. The van der Waals surface area contributed by atoms with E-state index in [1.807, 2.05) is 12.1 Å². The number of ether oxygens (including phenoxy) is 1. The summed E-state index contributed by atoms with van der Waals surface area (Å²) < 4.78 is 5.26. The van der Waals surface area contributed by atoms with Gasteiger partial charge in [-0.3, -0.25) is 0 Å². The number of benzene rings is 2. The third-order valence-electron chi connectivity index (χ3n) is 3.53. The summed E-state index contributed by atoms with van der Waals surface area (Å²) in [6, 6.07) is 19.2. The van der Waals surface area contributed by atoms with Crippen LogP contribution in [0, 0.1) is 0 Å². The molecule has 0 saturated carbocycles. The number of hydrogen-bond acceptors (Lipinski definition) is 2. The summed E-state index contributed by atoms with van der Waals surface area (Å²) in [5.74, 6) is 0.917. The molecule has 0 aliphatic carbocycles. The van der Waals surface area contributed by atoms with Crippen LogP contribution >= 0.6 is 12.4 Å². The molecule has 3 heteroatoms. The Morgan fingerprint density at radius 3 is 2.52 bits per heavy atom. The van der Waals surface area contributed by atoms with Gasteiger partial charge in [-0.2, -0.15) is 0 Å². The maximum Gasteiger partial charge on any atom is 0.119 e. The molecule has 114 valence electrons. The lowest BCUT2D eigenvalue weighted by Gasteiger charge is -2.15. The minimum absolute atomic E-state index is 0. The second-order valence-corrected chi connectivity index (χ2v) is 5.04. The fraction of sp³-hybridized carbons (Fsp3) is 0.333. The zero-order valence-electron chi connectivity index (χ0n) is 12.7. The van der Waals surface area contributed by atoms with Crippen LogP contribution in [0.25, 0.3) is 0 Å². The fourth-order valence-electron chi connectivity index (χ4n) is 2.28. The maximum atomic E-state index is 5.26. The highest BCUT2D eigenvalue weighted by Gasteiger charge is 2.05. The van der Waals surface area contributed by atoms with E-state index in [0.717, 1.165) is 25.1 Å². The molecule has 0 amide bonds. The van der Waals surface area contributed by atoms with Crippen LogP contribution in [0.1, 0.15) is 30.5 Å². The Kier molecular flexibility index (Phi) is 7.88. The van der Waals surface area contributed by atoms with Crippen LogP contribution in [0.3, 0.4) is 0 Å². The summed E-state index contributed by atoms with van der Waals surface area (Å²) in [6.45, 7) is 3.21. The largest absolute Gasteiger partial charge is 0.497 e. The van der Waals surface area contributed by atoms with E-state index < -0.39 is 0 Å². The Morgan fingerprint density at radius 1 is 1.05 bits per heavy atom.